The average molecular weight is 268 g/mol. The molecular weight excluding hydrogens is 248 g/mol. The minimum atomic E-state index is 0.0768. The molecule has 0 saturated heterocycles. The standard InChI is InChI=1S/C18H20S/c1-18(2)15-7-3-13(4-8-15)17(11-12-19)14-5-9-16(18)10-6-14/h3-10,17,19H,11-12H2,1-2H3. The third kappa shape index (κ3) is 2.10. The molecule has 4 bridgehead atoms. The van der Waals surface area contributed by atoms with E-state index in [0.29, 0.717) is 5.92 Å². The third-order valence-electron chi connectivity index (χ3n) is 4.49. The van der Waals surface area contributed by atoms with Gasteiger partial charge in [-0.1, -0.05) is 62.4 Å². The van der Waals surface area contributed by atoms with Gasteiger partial charge in [0.2, 0.25) is 0 Å². The molecule has 0 fully saturated rings. The first-order chi connectivity index (χ1) is 9.13. The van der Waals surface area contributed by atoms with Gasteiger partial charge in [-0.3, -0.25) is 0 Å². The summed E-state index contributed by atoms with van der Waals surface area (Å²) < 4.78 is 0. The number of hydrogen-bond acceptors (Lipinski definition) is 1. The second kappa shape index (κ2) is 4.72. The summed E-state index contributed by atoms with van der Waals surface area (Å²) in [6.45, 7) is 4.59. The molecule has 0 nitrogen and oxygen atoms in total. The van der Waals surface area contributed by atoms with Crippen LogP contribution in [0.5, 0.6) is 0 Å². The number of thiol groups is 1. The Morgan fingerprint density at radius 3 is 1.63 bits per heavy atom. The lowest BCUT2D eigenvalue weighted by molar-refractivity contribution is 0.636. The Morgan fingerprint density at radius 1 is 0.842 bits per heavy atom. The van der Waals surface area contributed by atoms with Gasteiger partial charge in [0.1, 0.15) is 0 Å². The van der Waals surface area contributed by atoms with E-state index in [2.05, 4.69) is 75.0 Å². The van der Waals surface area contributed by atoms with Crippen LogP contribution in [0.1, 0.15) is 48.4 Å². The topological polar surface area (TPSA) is 0 Å². The van der Waals surface area contributed by atoms with Crippen molar-refractivity contribution in [2.24, 2.45) is 0 Å². The van der Waals surface area contributed by atoms with Crippen LogP contribution in [-0.4, -0.2) is 5.75 Å². The summed E-state index contributed by atoms with van der Waals surface area (Å²) in [5, 5.41) is 0. The van der Waals surface area contributed by atoms with Crippen molar-refractivity contribution in [3.63, 3.8) is 0 Å². The lowest BCUT2D eigenvalue weighted by atomic mass is 9.75. The van der Waals surface area contributed by atoms with Gasteiger partial charge in [0.05, 0.1) is 0 Å². The van der Waals surface area contributed by atoms with Crippen molar-refractivity contribution in [2.75, 3.05) is 5.75 Å². The first-order valence-corrected chi connectivity index (χ1v) is 7.58. The first-order valence-electron chi connectivity index (χ1n) is 6.94. The highest BCUT2D eigenvalue weighted by Crippen LogP contribution is 2.37. The summed E-state index contributed by atoms with van der Waals surface area (Å²) in [6.07, 6.45) is 1.09. The summed E-state index contributed by atoms with van der Waals surface area (Å²) >= 11 is 4.42. The highest BCUT2D eigenvalue weighted by molar-refractivity contribution is 7.80. The van der Waals surface area contributed by atoms with Crippen LogP contribution in [0.3, 0.4) is 0 Å². The molecule has 1 heteroatoms. The van der Waals surface area contributed by atoms with Crippen molar-refractivity contribution >= 4 is 12.6 Å². The molecule has 2 aromatic carbocycles. The van der Waals surface area contributed by atoms with Gasteiger partial charge >= 0.3 is 0 Å². The maximum absolute atomic E-state index is 4.42. The molecule has 0 spiro atoms. The van der Waals surface area contributed by atoms with Crippen LogP contribution in [0.2, 0.25) is 0 Å². The van der Waals surface area contributed by atoms with E-state index in [1.807, 2.05) is 0 Å². The second-order valence-corrected chi connectivity index (χ2v) is 6.38. The Morgan fingerprint density at radius 2 is 1.26 bits per heavy atom. The lowest BCUT2D eigenvalue weighted by Gasteiger charge is -2.29. The zero-order chi connectivity index (χ0) is 13.5. The van der Waals surface area contributed by atoms with Crippen LogP contribution in [-0.2, 0) is 5.41 Å². The molecule has 6 rings (SSSR count). The van der Waals surface area contributed by atoms with E-state index >= 15 is 0 Å². The number of hydrogen-bond donors (Lipinski definition) is 1. The van der Waals surface area contributed by atoms with Crippen molar-refractivity contribution in [1.82, 2.24) is 0 Å². The summed E-state index contributed by atoms with van der Waals surface area (Å²) in [5.41, 5.74) is 5.66. The van der Waals surface area contributed by atoms with E-state index < -0.39 is 0 Å². The van der Waals surface area contributed by atoms with Crippen molar-refractivity contribution in [3.8, 4) is 0 Å². The Kier molecular flexibility index (Phi) is 3.18. The Hall–Kier alpha value is -1.21. The summed E-state index contributed by atoms with van der Waals surface area (Å²) in [5.74, 6) is 1.39. The normalized spacial score (nSPS) is 16.8. The average Bonchev–Trinajstić information content (AvgIpc) is 2.45. The molecule has 0 radical (unpaired) electrons. The molecule has 0 aliphatic heterocycles. The molecule has 19 heavy (non-hydrogen) atoms. The van der Waals surface area contributed by atoms with Crippen molar-refractivity contribution in [3.05, 3.63) is 70.8 Å². The fourth-order valence-electron chi connectivity index (χ4n) is 3.09. The Balaban J connectivity index is 2.22. The van der Waals surface area contributed by atoms with E-state index in [1.54, 1.807) is 0 Å². The van der Waals surface area contributed by atoms with Crippen molar-refractivity contribution < 1.29 is 0 Å². The van der Waals surface area contributed by atoms with Gasteiger partial charge in [0, 0.05) is 11.3 Å². The fourth-order valence-corrected chi connectivity index (χ4v) is 3.34. The van der Waals surface area contributed by atoms with Crippen LogP contribution in [0, 0.1) is 0 Å². The molecular formula is C18H20S. The van der Waals surface area contributed by atoms with E-state index in [-0.39, 0.29) is 5.41 Å². The maximum atomic E-state index is 4.42. The lowest BCUT2D eigenvalue weighted by Crippen LogP contribution is -2.20. The minimum Gasteiger partial charge on any atom is -0.179 e. The van der Waals surface area contributed by atoms with Crippen molar-refractivity contribution in [1.29, 1.82) is 0 Å². The minimum absolute atomic E-state index is 0.0768. The molecule has 0 unspecified atom stereocenters. The van der Waals surface area contributed by atoms with Crippen LogP contribution in [0.15, 0.2) is 48.5 Å². The van der Waals surface area contributed by atoms with Crippen LogP contribution >= 0.6 is 12.6 Å². The zero-order valence-electron chi connectivity index (χ0n) is 11.6. The maximum Gasteiger partial charge on any atom is 0.0146 e. The molecule has 4 aliphatic rings. The Labute approximate surface area is 121 Å². The largest absolute Gasteiger partial charge is 0.179 e. The molecule has 0 atom stereocenters. The molecule has 0 N–H and O–H groups in total. The van der Waals surface area contributed by atoms with Gasteiger partial charge in [-0.15, -0.1) is 0 Å². The van der Waals surface area contributed by atoms with E-state index in [4.69, 9.17) is 0 Å². The van der Waals surface area contributed by atoms with E-state index in [9.17, 15) is 0 Å². The third-order valence-corrected chi connectivity index (χ3v) is 4.75. The Bertz CT molecular complexity index is 514. The molecule has 0 saturated carbocycles. The SMILES string of the molecule is CC1(C)c2ccc(cc2)C(CCS)c2ccc1cc2. The van der Waals surface area contributed by atoms with Gasteiger partial charge in [-0.25, -0.2) is 0 Å². The fraction of sp³-hybridized carbons (Fsp3) is 0.333. The van der Waals surface area contributed by atoms with Gasteiger partial charge in [-0.05, 0) is 34.4 Å². The summed E-state index contributed by atoms with van der Waals surface area (Å²) in [7, 11) is 0. The molecule has 0 aromatic heterocycles. The molecule has 4 aliphatic carbocycles. The zero-order valence-corrected chi connectivity index (χ0v) is 12.5. The molecule has 98 valence electrons. The number of benzene rings is 2. The molecule has 2 aromatic rings. The summed E-state index contributed by atoms with van der Waals surface area (Å²) in [6, 6.07) is 18.3. The number of rotatable bonds is 2. The smallest absolute Gasteiger partial charge is 0.0146 e. The summed E-state index contributed by atoms with van der Waals surface area (Å²) in [4.78, 5) is 0. The van der Waals surface area contributed by atoms with Gasteiger partial charge in [0.15, 0.2) is 0 Å². The molecule has 0 amide bonds. The monoisotopic (exact) mass is 268 g/mol. The highest BCUT2D eigenvalue weighted by Gasteiger charge is 2.25. The molecule has 0 heterocycles. The van der Waals surface area contributed by atoms with Gasteiger partial charge in [0.25, 0.3) is 0 Å². The quantitative estimate of drug-likeness (QED) is 0.745. The van der Waals surface area contributed by atoms with Crippen LogP contribution in [0.4, 0.5) is 0 Å². The van der Waals surface area contributed by atoms with Gasteiger partial charge in [-0.2, -0.15) is 12.6 Å². The first kappa shape index (κ1) is 12.8. The van der Waals surface area contributed by atoms with Crippen LogP contribution < -0.4 is 0 Å². The van der Waals surface area contributed by atoms with Gasteiger partial charge < -0.3 is 0 Å². The van der Waals surface area contributed by atoms with Crippen LogP contribution in [0.25, 0.3) is 0 Å². The van der Waals surface area contributed by atoms with Crippen molar-refractivity contribution in [2.45, 2.75) is 31.6 Å². The second-order valence-electron chi connectivity index (χ2n) is 5.93. The van der Waals surface area contributed by atoms with E-state index in [1.165, 1.54) is 22.3 Å². The van der Waals surface area contributed by atoms with E-state index in [0.717, 1.165) is 12.2 Å². The predicted molar refractivity (Wildman–Crippen MR) is 85.3 cm³/mol. The highest BCUT2D eigenvalue weighted by atomic mass is 32.1. The predicted octanol–water partition coefficient (Wildman–Crippen LogP) is 4.78.